The summed E-state index contributed by atoms with van der Waals surface area (Å²) in [6, 6.07) is 0. The third-order valence-corrected chi connectivity index (χ3v) is 5.18. The number of nitrogens with zero attached hydrogens (tertiary/aromatic N) is 2. The van der Waals surface area contributed by atoms with Crippen LogP contribution in [0.25, 0.3) is 0 Å². The van der Waals surface area contributed by atoms with Gasteiger partial charge in [-0.2, -0.15) is 4.31 Å². The van der Waals surface area contributed by atoms with Gasteiger partial charge in [0.25, 0.3) is 0 Å². The van der Waals surface area contributed by atoms with Crippen LogP contribution in [0.15, 0.2) is 0 Å². The standard InChI is InChI=1S/C8H13N3O2S2/c1-2-3-15(12,13)11-4-6-7(5-11)14-8(9)10-6/h2-5H2,1H3,(H2,9,10). The lowest BCUT2D eigenvalue weighted by molar-refractivity contribution is 0.430. The highest BCUT2D eigenvalue weighted by molar-refractivity contribution is 7.89. The number of nitrogens with two attached hydrogens (primary N) is 1. The SMILES string of the molecule is CCCS(=O)(=O)N1Cc2nc(N)sc2C1. The van der Waals surface area contributed by atoms with Crippen LogP contribution in [0.3, 0.4) is 0 Å². The average Bonchev–Trinajstić information content (AvgIpc) is 2.60. The monoisotopic (exact) mass is 247 g/mol. The maximum atomic E-state index is 11.8. The van der Waals surface area contributed by atoms with Crippen molar-refractivity contribution < 1.29 is 8.42 Å². The van der Waals surface area contributed by atoms with Gasteiger partial charge < -0.3 is 5.73 Å². The molecule has 1 aliphatic heterocycles. The molecule has 0 spiro atoms. The summed E-state index contributed by atoms with van der Waals surface area (Å²) in [5.41, 5.74) is 6.36. The summed E-state index contributed by atoms with van der Waals surface area (Å²) < 4.78 is 25.0. The van der Waals surface area contributed by atoms with Crippen LogP contribution < -0.4 is 5.73 Å². The summed E-state index contributed by atoms with van der Waals surface area (Å²) in [4.78, 5) is 5.08. The normalized spacial score (nSPS) is 16.9. The summed E-state index contributed by atoms with van der Waals surface area (Å²) >= 11 is 1.38. The Morgan fingerprint density at radius 1 is 1.53 bits per heavy atom. The number of thiazole rings is 1. The van der Waals surface area contributed by atoms with Gasteiger partial charge in [0.15, 0.2) is 5.13 Å². The van der Waals surface area contributed by atoms with Crippen LogP contribution >= 0.6 is 11.3 Å². The molecular weight excluding hydrogens is 234 g/mol. The minimum absolute atomic E-state index is 0.206. The van der Waals surface area contributed by atoms with Crippen LogP contribution in [0, 0.1) is 0 Å². The summed E-state index contributed by atoms with van der Waals surface area (Å²) in [6.45, 7) is 2.68. The van der Waals surface area contributed by atoms with Crippen molar-refractivity contribution in [3.63, 3.8) is 0 Å². The number of nitrogen functional groups attached to an aromatic ring is 1. The molecule has 7 heteroatoms. The van der Waals surface area contributed by atoms with Gasteiger partial charge in [-0.15, -0.1) is 11.3 Å². The smallest absolute Gasteiger partial charge is 0.214 e. The van der Waals surface area contributed by atoms with Crippen LogP contribution in [-0.2, 0) is 23.1 Å². The zero-order valence-electron chi connectivity index (χ0n) is 8.43. The number of hydrogen-bond acceptors (Lipinski definition) is 5. The van der Waals surface area contributed by atoms with E-state index in [4.69, 9.17) is 5.73 Å². The molecule has 0 radical (unpaired) electrons. The highest BCUT2D eigenvalue weighted by atomic mass is 32.2. The van der Waals surface area contributed by atoms with Crippen molar-refractivity contribution in [1.29, 1.82) is 0 Å². The van der Waals surface area contributed by atoms with Crippen molar-refractivity contribution in [2.75, 3.05) is 11.5 Å². The molecule has 1 aromatic rings. The molecule has 15 heavy (non-hydrogen) atoms. The molecule has 5 nitrogen and oxygen atoms in total. The van der Waals surface area contributed by atoms with Gasteiger partial charge in [-0.1, -0.05) is 6.92 Å². The molecule has 0 saturated carbocycles. The van der Waals surface area contributed by atoms with Crippen molar-refractivity contribution in [3.05, 3.63) is 10.6 Å². The molecule has 0 saturated heterocycles. The Morgan fingerprint density at radius 2 is 2.27 bits per heavy atom. The predicted molar refractivity (Wildman–Crippen MR) is 59.9 cm³/mol. The molecule has 0 aromatic carbocycles. The molecular formula is C8H13N3O2S2. The molecule has 0 atom stereocenters. The van der Waals surface area contributed by atoms with Gasteiger partial charge in [0, 0.05) is 4.88 Å². The molecule has 84 valence electrons. The average molecular weight is 247 g/mol. The maximum Gasteiger partial charge on any atom is 0.214 e. The van der Waals surface area contributed by atoms with Crippen LogP contribution in [0.1, 0.15) is 23.9 Å². The summed E-state index contributed by atoms with van der Waals surface area (Å²) in [5, 5.41) is 0.521. The van der Waals surface area contributed by atoms with E-state index in [1.165, 1.54) is 15.6 Å². The Bertz CT molecular complexity index is 443. The van der Waals surface area contributed by atoms with Crippen molar-refractivity contribution >= 4 is 26.5 Å². The van der Waals surface area contributed by atoms with Gasteiger partial charge in [0.05, 0.1) is 24.5 Å². The Balaban J connectivity index is 2.17. The zero-order chi connectivity index (χ0) is 11.1. The molecule has 0 unspecified atom stereocenters. The molecule has 2 rings (SSSR count). The van der Waals surface area contributed by atoms with E-state index in [2.05, 4.69) is 4.98 Å². The highest BCUT2D eigenvalue weighted by Crippen LogP contribution is 2.31. The Labute approximate surface area is 93.0 Å². The highest BCUT2D eigenvalue weighted by Gasteiger charge is 2.30. The first-order chi connectivity index (χ1) is 7.03. The van der Waals surface area contributed by atoms with Gasteiger partial charge in [0.1, 0.15) is 0 Å². The lowest BCUT2D eigenvalue weighted by Gasteiger charge is -2.14. The van der Waals surface area contributed by atoms with E-state index in [9.17, 15) is 8.42 Å². The van der Waals surface area contributed by atoms with Crippen molar-refractivity contribution in [2.24, 2.45) is 0 Å². The Morgan fingerprint density at radius 3 is 2.87 bits per heavy atom. The van der Waals surface area contributed by atoms with Gasteiger partial charge in [0.2, 0.25) is 10.0 Å². The van der Waals surface area contributed by atoms with E-state index < -0.39 is 10.0 Å². The van der Waals surface area contributed by atoms with Crippen LogP contribution in [0.5, 0.6) is 0 Å². The molecule has 0 aliphatic carbocycles. The van der Waals surface area contributed by atoms with Crippen molar-refractivity contribution in [2.45, 2.75) is 26.4 Å². The lowest BCUT2D eigenvalue weighted by Crippen LogP contribution is -2.28. The zero-order valence-corrected chi connectivity index (χ0v) is 10.1. The maximum absolute atomic E-state index is 11.8. The third kappa shape index (κ3) is 1.99. The van der Waals surface area contributed by atoms with Crippen LogP contribution in [0.4, 0.5) is 5.13 Å². The van der Waals surface area contributed by atoms with Crippen molar-refractivity contribution in [3.8, 4) is 0 Å². The first kappa shape index (κ1) is 10.8. The summed E-state index contributed by atoms with van der Waals surface area (Å²) in [7, 11) is -3.10. The largest absolute Gasteiger partial charge is 0.375 e. The second-order valence-corrected chi connectivity index (χ2v) is 6.71. The minimum atomic E-state index is -3.10. The topological polar surface area (TPSA) is 76.3 Å². The Hall–Kier alpha value is -0.660. The first-order valence-electron chi connectivity index (χ1n) is 4.75. The fourth-order valence-electron chi connectivity index (χ4n) is 1.62. The number of anilines is 1. The molecule has 2 heterocycles. The van der Waals surface area contributed by atoms with E-state index in [0.29, 0.717) is 24.6 Å². The molecule has 0 fully saturated rings. The number of aromatic nitrogens is 1. The van der Waals surface area contributed by atoms with Crippen LogP contribution in [-0.4, -0.2) is 23.5 Å². The summed E-state index contributed by atoms with van der Waals surface area (Å²) in [5.74, 6) is 0.206. The van der Waals surface area contributed by atoms with E-state index in [1.54, 1.807) is 0 Å². The fraction of sp³-hybridized carbons (Fsp3) is 0.625. The minimum Gasteiger partial charge on any atom is -0.375 e. The van der Waals surface area contributed by atoms with Gasteiger partial charge in [-0.25, -0.2) is 13.4 Å². The van der Waals surface area contributed by atoms with Gasteiger partial charge >= 0.3 is 0 Å². The Kier molecular flexibility index (Phi) is 2.70. The molecule has 0 bridgehead atoms. The number of hydrogen-bond donors (Lipinski definition) is 1. The number of fused-ring (bicyclic) bond motifs is 1. The second kappa shape index (κ2) is 3.73. The number of sulfonamides is 1. The van der Waals surface area contributed by atoms with E-state index in [1.807, 2.05) is 6.92 Å². The molecule has 1 aliphatic rings. The van der Waals surface area contributed by atoms with Crippen LogP contribution in [0.2, 0.25) is 0 Å². The fourth-order valence-corrected chi connectivity index (χ4v) is 3.97. The lowest BCUT2D eigenvalue weighted by atomic mass is 10.4. The quantitative estimate of drug-likeness (QED) is 0.856. The van der Waals surface area contributed by atoms with E-state index in [-0.39, 0.29) is 5.75 Å². The molecule has 1 aromatic heterocycles. The predicted octanol–water partition coefficient (Wildman–Crippen LogP) is 0.781. The third-order valence-electron chi connectivity index (χ3n) is 2.30. The van der Waals surface area contributed by atoms with Gasteiger partial charge in [-0.3, -0.25) is 0 Å². The first-order valence-corrected chi connectivity index (χ1v) is 7.17. The summed E-state index contributed by atoms with van der Waals surface area (Å²) in [6.07, 6.45) is 0.641. The molecule has 2 N–H and O–H groups in total. The molecule has 0 amide bonds. The number of rotatable bonds is 3. The van der Waals surface area contributed by atoms with E-state index >= 15 is 0 Å². The van der Waals surface area contributed by atoms with Crippen molar-refractivity contribution in [1.82, 2.24) is 9.29 Å². The van der Waals surface area contributed by atoms with Gasteiger partial charge in [-0.05, 0) is 6.42 Å². The van der Waals surface area contributed by atoms with E-state index in [0.717, 1.165) is 10.6 Å². The second-order valence-electron chi connectivity index (χ2n) is 3.51.